The molecule has 2 N–H and O–H groups in total. The van der Waals surface area contributed by atoms with Crippen LogP contribution in [-0.2, 0) is 4.74 Å². The van der Waals surface area contributed by atoms with Crippen molar-refractivity contribution < 1.29 is 19.1 Å². The van der Waals surface area contributed by atoms with Crippen LogP contribution in [0.1, 0.15) is 69.2 Å². The molecule has 4 rings (SSSR count). The molecule has 39 heavy (non-hydrogen) atoms. The zero-order valence-corrected chi connectivity index (χ0v) is 24.0. The summed E-state index contributed by atoms with van der Waals surface area (Å²) in [7, 11) is 0. The number of hydrogen-bond donors (Lipinski definition) is 2. The van der Waals surface area contributed by atoms with Gasteiger partial charge < -0.3 is 19.9 Å². The number of halogens is 2. The second kappa shape index (κ2) is 11.8. The molecule has 4 amide bonds. The molecule has 0 radical (unpaired) electrons. The summed E-state index contributed by atoms with van der Waals surface area (Å²) in [4.78, 5) is 50.7. The van der Waals surface area contributed by atoms with Crippen LogP contribution in [0.4, 0.5) is 9.59 Å². The molecule has 0 spiro atoms. The van der Waals surface area contributed by atoms with E-state index in [0.717, 1.165) is 12.8 Å². The highest BCUT2D eigenvalue weighted by Crippen LogP contribution is 2.29. The van der Waals surface area contributed by atoms with E-state index in [-0.39, 0.29) is 6.04 Å². The molecule has 0 saturated carbocycles. The first-order valence-corrected chi connectivity index (χ1v) is 13.7. The minimum absolute atomic E-state index is 0.149. The first kappa shape index (κ1) is 28.7. The monoisotopic (exact) mass is 573 g/mol. The number of hydrogen-bond acceptors (Lipinski definition) is 5. The van der Waals surface area contributed by atoms with Crippen LogP contribution in [0.3, 0.4) is 0 Å². The van der Waals surface area contributed by atoms with Gasteiger partial charge in [-0.25, -0.2) is 19.5 Å². The number of amides is 4. The van der Waals surface area contributed by atoms with Crippen LogP contribution in [0.25, 0.3) is 11.0 Å². The van der Waals surface area contributed by atoms with Crippen LogP contribution in [-0.4, -0.2) is 62.5 Å². The van der Waals surface area contributed by atoms with E-state index in [4.69, 9.17) is 27.9 Å². The van der Waals surface area contributed by atoms with E-state index in [0.29, 0.717) is 52.0 Å². The molecule has 1 aliphatic rings. The Kier molecular flexibility index (Phi) is 8.71. The first-order valence-electron chi connectivity index (χ1n) is 12.9. The Bertz CT molecular complexity index is 1370. The average Bonchev–Trinajstić information content (AvgIpc) is 3.49. The van der Waals surface area contributed by atoms with Crippen LogP contribution in [0.2, 0.25) is 10.0 Å². The van der Waals surface area contributed by atoms with Gasteiger partial charge in [0.25, 0.3) is 5.91 Å². The Balaban J connectivity index is 1.58. The van der Waals surface area contributed by atoms with Crippen molar-refractivity contribution in [1.82, 2.24) is 25.1 Å². The van der Waals surface area contributed by atoms with Crippen molar-refractivity contribution in [2.24, 2.45) is 0 Å². The molecule has 0 bridgehead atoms. The number of H-pyrrole nitrogens is 1. The number of carbonyl (C=O) groups is 3. The van der Waals surface area contributed by atoms with Crippen molar-refractivity contribution in [3.8, 4) is 0 Å². The van der Waals surface area contributed by atoms with E-state index in [1.165, 1.54) is 4.90 Å². The summed E-state index contributed by atoms with van der Waals surface area (Å²) in [6.45, 7) is 7.99. The minimum Gasteiger partial charge on any atom is -0.444 e. The SMILES string of the molecule is C[C@@H](c1nc2ccc(Cl)cc2[nH]1)N(C(=O)c1cccc(Cl)c1)C(=O)N1CCC[C@@H]1CCNC(=O)OC(C)(C)C. The van der Waals surface area contributed by atoms with Gasteiger partial charge in [-0.3, -0.25) is 4.79 Å². The van der Waals surface area contributed by atoms with Gasteiger partial charge in [0.15, 0.2) is 0 Å². The number of ether oxygens (including phenoxy) is 1. The van der Waals surface area contributed by atoms with E-state index in [1.54, 1.807) is 75.1 Å². The lowest BCUT2D eigenvalue weighted by Crippen LogP contribution is -2.49. The number of likely N-dealkylation sites (tertiary alicyclic amines) is 1. The minimum atomic E-state index is -0.712. The van der Waals surface area contributed by atoms with Crippen molar-refractivity contribution in [2.45, 2.75) is 64.6 Å². The summed E-state index contributed by atoms with van der Waals surface area (Å²) < 4.78 is 5.30. The third-order valence-corrected chi connectivity index (χ3v) is 6.98. The van der Waals surface area contributed by atoms with Gasteiger partial charge in [0.1, 0.15) is 11.4 Å². The third-order valence-electron chi connectivity index (χ3n) is 6.51. The van der Waals surface area contributed by atoms with Crippen LogP contribution in [0.15, 0.2) is 42.5 Å². The first-order chi connectivity index (χ1) is 18.4. The Morgan fingerprint density at radius 3 is 2.64 bits per heavy atom. The smallest absolute Gasteiger partial charge is 0.407 e. The van der Waals surface area contributed by atoms with Gasteiger partial charge in [-0.15, -0.1) is 0 Å². The van der Waals surface area contributed by atoms with Crippen LogP contribution < -0.4 is 5.32 Å². The summed E-state index contributed by atoms with van der Waals surface area (Å²) in [6.07, 6.45) is 1.58. The van der Waals surface area contributed by atoms with Gasteiger partial charge in [0.05, 0.1) is 17.1 Å². The molecule has 0 unspecified atom stereocenters. The van der Waals surface area contributed by atoms with Gasteiger partial charge in [-0.05, 0) is 83.4 Å². The lowest BCUT2D eigenvalue weighted by molar-refractivity contribution is 0.0524. The Labute approximate surface area is 237 Å². The number of fused-ring (bicyclic) bond motifs is 1. The predicted molar refractivity (Wildman–Crippen MR) is 151 cm³/mol. The molecular weight excluding hydrogens is 541 g/mol. The number of imidazole rings is 1. The maximum Gasteiger partial charge on any atom is 0.407 e. The summed E-state index contributed by atoms with van der Waals surface area (Å²) in [6, 6.07) is 10.5. The van der Waals surface area contributed by atoms with E-state index in [9.17, 15) is 14.4 Å². The van der Waals surface area contributed by atoms with Gasteiger partial charge in [-0.1, -0.05) is 29.3 Å². The maximum atomic E-state index is 14.0. The fraction of sp³-hybridized carbons (Fsp3) is 0.429. The van der Waals surface area contributed by atoms with Crippen molar-refractivity contribution in [2.75, 3.05) is 13.1 Å². The van der Waals surface area contributed by atoms with Crippen molar-refractivity contribution in [1.29, 1.82) is 0 Å². The predicted octanol–water partition coefficient (Wildman–Crippen LogP) is 6.57. The number of alkyl carbamates (subject to hydrolysis) is 1. The normalized spacial score (nSPS) is 16.3. The largest absolute Gasteiger partial charge is 0.444 e. The molecule has 2 atom stereocenters. The molecule has 9 nitrogen and oxygen atoms in total. The van der Waals surface area contributed by atoms with Gasteiger partial charge >= 0.3 is 12.1 Å². The number of nitrogens with one attached hydrogen (secondary N) is 2. The summed E-state index contributed by atoms with van der Waals surface area (Å²) in [5.74, 6) is -0.0237. The Morgan fingerprint density at radius 1 is 1.18 bits per heavy atom. The highest BCUT2D eigenvalue weighted by Gasteiger charge is 2.38. The fourth-order valence-electron chi connectivity index (χ4n) is 4.69. The number of urea groups is 1. The highest BCUT2D eigenvalue weighted by molar-refractivity contribution is 6.31. The molecular formula is C28H33Cl2N5O4. The quantitative estimate of drug-likeness (QED) is 0.346. The zero-order chi connectivity index (χ0) is 28.3. The van der Waals surface area contributed by atoms with Crippen LogP contribution >= 0.6 is 23.2 Å². The number of benzene rings is 2. The summed E-state index contributed by atoms with van der Waals surface area (Å²) >= 11 is 12.3. The number of carbonyl (C=O) groups excluding carboxylic acids is 3. The van der Waals surface area contributed by atoms with E-state index >= 15 is 0 Å². The zero-order valence-electron chi connectivity index (χ0n) is 22.5. The molecule has 2 aromatic carbocycles. The summed E-state index contributed by atoms with van der Waals surface area (Å²) in [5, 5.41) is 3.70. The van der Waals surface area contributed by atoms with E-state index in [2.05, 4.69) is 15.3 Å². The lowest BCUT2D eigenvalue weighted by atomic mass is 10.1. The molecule has 1 fully saturated rings. The van der Waals surface area contributed by atoms with E-state index < -0.39 is 29.7 Å². The van der Waals surface area contributed by atoms with E-state index in [1.807, 2.05) is 0 Å². The number of imide groups is 1. The molecule has 3 aromatic rings. The van der Waals surface area contributed by atoms with Gasteiger partial charge in [0, 0.05) is 34.7 Å². The topological polar surface area (TPSA) is 108 Å². The van der Waals surface area contributed by atoms with Gasteiger partial charge in [-0.2, -0.15) is 0 Å². The number of rotatable bonds is 6. The Morgan fingerprint density at radius 2 is 1.92 bits per heavy atom. The Hall–Kier alpha value is -3.30. The molecule has 2 heterocycles. The number of aromatic amines is 1. The second-order valence-electron chi connectivity index (χ2n) is 10.6. The molecule has 1 saturated heterocycles. The summed E-state index contributed by atoms with van der Waals surface area (Å²) in [5.41, 5.74) is 1.08. The third kappa shape index (κ3) is 7.02. The maximum absolute atomic E-state index is 14.0. The van der Waals surface area contributed by atoms with Crippen LogP contribution in [0.5, 0.6) is 0 Å². The number of nitrogens with zero attached hydrogens (tertiary/aromatic N) is 3. The van der Waals surface area contributed by atoms with Crippen molar-refractivity contribution in [3.05, 3.63) is 63.9 Å². The second-order valence-corrected chi connectivity index (χ2v) is 11.5. The molecule has 1 aromatic heterocycles. The molecule has 0 aliphatic carbocycles. The molecule has 11 heteroatoms. The van der Waals surface area contributed by atoms with Crippen LogP contribution in [0, 0.1) is 0 Å². The van der Waals surface area contributed by atoms with Crippen molar-refractivity contribution >= 4 is 52.3 Å². The number of aromatic nitrogens is 2. The average molecular weight is 575 g/mol. The molecule has 208 valence electrons. The highest BCUT2D eigenvalue weighted by atomic mass is 35.5. The lowest BCUT2D eigenvalue weighted by Gasteiger charge is -2.33. The fourth-order valence-corrected chi connectivity index (χ4v) is 5.05. The standard InChI is InChI=1S/C28H33Cl2N5O4/c1-17(24-32-22-11-10-20(30)16-23(22)33-24)35(25(36)18-7-5-8-19(29)15-18)27(38)34-14-6-9-21(34)12-13-31-26(37)39-28(2,3)4/h5,7-8,10-11,15-17,21H,6,9,12-14H2,1-4H3,(H,31,37)(H,32,33)/t17-,21+/m0/s1. The van der Waals surface area contributed by atoms with Gasteiger partial charge in [0.2, 0.25) is 0 Å². The molecule has 1 aliphatic heterocycles. The van der Waals surface area contributed by atoms with Crippen molar-refractivity contribution in [3.63, 3.8) is 0 Å².